The van der Waals surface area contributed by atoms with Crippen molar-refractivity contribution < 1.29 is 18.9 Å². The molecular weight excluding hydrogens is 572 g/mol. The summed E-state index contributed by atoms with van der Waals surface area (Å²) in [7, 11) is 1.65. The Balaban J connectivity index is 1.68. The minimum absolute atomic E-state index is 0.000188. The maximum absolute atomic E-state index is 7.40. The monoisotopic (exact) mass is 604 g/mol. The molecule has 0 fully saturated rings. The molecule has 6 heteroatoms. The van der Waals surface area contributed by atoms with Gasteiger partial charge in [-0.2, -0.15) is 4.98 Å². The van der Waals surface area contributed by atoms with E-state index in [4.69, 9.17) is 41.8 Å². The van der Waals surface area contributed by atoms with Gasteiger partial charge in [0.05, 0.1) is 24.3 Å². The van der Waals surface area contributed by atoms with Crippen molar-refractivity contribution in [3.63, 3.8) is 0 Å². The highest BCUT2D eigenvalue weighted by Gasteiger charge is 2.74. The second kappa shape index (κ2) is 11.4. The van der Waals surface area contributed by atoms with E-state index in [1.54, 1.807) is 7.11 Å². The number of ether oxygens (including phenoxy) is 4. The van der Waals surface area contributed by atoms with Crippen LogP contribution in [0.1, 0.15) is 45.0 Å². The van der Waals surface area contributed by atoms with Crippen molar-refractivity contribution in [1.29, 1.82) is 0 Å². The third kappa shape index (κ3) is 4.19. The Morgan fingerprint density at radius 3 is 2.22 bits per heavy atom. The molecular formula is C40H32N2O4. The van der Waals surface area contributed by atoms with Gasteiger partial charge in [0.2, 0.25) is 5.88 Å². The fourth-order valence-electron chi connectivity index (χ4n) is 7.28. The zero-order valence-electron chi connectivity index (χ0n) is 25.9. The first-order valence-electron chi connectivity index (χ1n) is 15.1. The number of aryl methyl sites for hydroxylation is 2. The third-order valence-corrected chi connectivity index (χ3v) is 8.88. The fraction of sp³-hybridized carbons (Fsp3) is 0.200. The van der Waals surface area contributed by atoms with Gasteiger partial charge in [-0.3, -0.25) is 0 Å². The molecule has 2 heterocycles. The molecule has 0 N–H and O–H groups in total. The molecule has 1 aliphatic heterocycles. The van der Waals surface area contributed by atoms with Crippen molar-refractivity contribution in [3.05, 3.63) is 136 Å². The van der Waals surface area contributed by atoms with Crippen LogP contribution in [-0.4, -0.2) is 30.3 Å². The van der Waals surface area contributed by atoms with Crippen molar-refractivity contribution in [2.45, 2.75) is 31.0 Å². The van der Waals surface area contributed by atoms with Crippen LogP contribution in [0.3, 0.4) is 0 Å². The summed E-state index contributed by atoms with van der Waals surface area (Å²) in [4.78, 5) is 10.4. The van der Waals surface area contributed by atoms with Gasteiger partial charge in [-0.1, -0.05) is 90.7 Å². The van der Waals surface area contributed by atoms with E-state index in [-0.39, 0.29) is 13.2 Å². The Morgan fingerprint density at radius 2 is 1.54 bits per heavy atom. The van der Waals surface area contributed by atoms with Crippen molar-refractivity contribution in [3.8, 4) is 53.5 Å². The second-order valence-electron chi connectivity index (χ2n) is 11.5. The lowest BCUT2D eigenvalue weighted by molar-refractivity contribution is -0.124. The summed E-state index contributed by atoms with van der Waals surface area (Å²) in [5.41, 5.74) is 4.40. The first kappa shape index (κ1) is 29.2. The number of terminal acetylenes is 2. The summed E-state index contributed by atoms with van der Waals surface area (Å²) >= 11 is 0. The highest BCUT2D eigenvalue weighted by molar-refractivity contribution is 5.70. The van der Waals surface area contributed by atoms with Crippen molar-refractivity contribution in [2.75, 3.05) is 20.3 Å². The Kier molecular flexibility index (Phi) is 7.24. The van der Waals surface area contributed by atoms with Gasteiger partial charge in [0, 0.05) is 16.7 Å². The Morgan fingerprint density at radius 1 is 0.848 bits per heavy atom. The van der Waals surface area contributed by atoms with Gasteiger partial charge in [-0.15, -0.1) is 12.8 Å². The smallest absolute Gasteiger partial charge is 0.222 e. The molecule has 7 rings (SSSR count). The van der Waals surface area contributed by atoms with E-state index >= 15 is 0 Å². The molecule has 1 aromatic heterocycles. The number of methoxy groups -OCH3 is 1. The van der Waals surface area contributed by atoms with E-state index in [0.717, 1.165) is 38.9 Å². The summed E-state index contributed by atoms with van der Waals surface area (Å²) in [6, 6.07) is 32.1. The van der Waals surface area contributed by atoms with E-state index in [2.05, 4.69) is 50.0 Å². The van der Waals surface area contributed by atoms with Crippen LogP contribution >= 0.6 is 0 Å². The van der Waals surface area contributed by atoms with Crippen LogP contribution < -0.4 is 14.2 Å². The molecule has 0 saturated carbocycles. The first-order chi connectivity index (χ1) is 22.5. The van der Waals surface area contributed by atoms with Crippen LogP contribution in [-0.2, 0) is 15.9 Å². The van der Waals surface area contributed by atoms with Crippen LogP contribution in [0.2, 0.25) is 0 Å². The lowest BCUT2D eigenvalue weighted by Gasteiger charge is -2.42. The molecule has 0 bridgehead atoms. The molecule has 226 valence electrons. The number of hydrogen-bond donors (Lipinski definition) is 0. The molecule has 4 aromatic carbocycles. The van der Waals surface area contributed by atoms with Gasteiger partial charge in [-0.25, -0.2) is 4.98 Å². The maximum Gasteiger partial charge on any atom is 0.222 e. The summed E-state index contributed by atoms with van der Waals surface area (Å²) < 4.78 is 26.4. The lowest BCUT2D eigenvalue weighted by Crippen LogP contribution is -2.51. The first-order valence-corrected chi connectivity index (χ1v) is 15.1. The Labute approximate surface area is 269 Å². The summed E-state index contributed by atoms with van der Waals surface area (Å²) in [6.45, 7) is 4.15. The van der Waals surface area contributed by atoms with Gasteiger partial charge in [0.1, 0.15) is 18.1 Å². The number of rotatable bonds is 8. The average molecular weight is 605 g/mol. The third-order valence-electron chi connectivity index (χ3n) is 8.88. The molecule has 46 heavy (non-hydrogen) atoms. The minimum Gasteiger partial charge on any atom is -0.497 e. The molecule has 2 aliphatic rings. The number of fused-ring (bicyclic) bond motifs is 5. The van der Waals surface area contributed by atoms with Gasteiger partial charge in [0.25, 0.3) is 0 Å². The zero-order valence-corrected chi connectivity index (χ0v) is 25.9. The summed E-state index contributed by atoms with van der Waals surface area (Å²) in [6.07, 6.45) is 11.7. The van der Waals surface area contributed by atoms with Gasteiger partial charge in [-0.05, 0) is 48.7 Å². The van der Waals surface area contributed by atoms with E-state index < -0.39 is 17.1 Å². The quantitative estimate of drug-likeness (QED) is 0.176. The van der Waals surface area contributed by atoms with Crippen LogP contribution in [0.25, 0.3) is 11.4 Å². The van der Waals surface area contributed by atoms with E-state index in [9.17, 15) is 0 Å². The molecule has 1 aliphatic carbocycles. The topological polar surface area (TPSA) is 62.7 Å². The molecule has 0 amide bonds. The van der Waals surface area contributed by atoms with Crippen LogP contribution in [0.5, 0.6) is 17.4 Å². The van der Waals surface area contributed by atoms with Gasteiger partial charge < -0.3 is 18.9 Å². The lowest BCUT2D eigenvalue weighted by atomic mass is 9.69. The second-order valence-corrected chi connectivity index (χ2v) is 11.5. The molecule has 5 aromatic rings. The normalized spacial score (nSPS) is 20.4. The SMILES string of the molecule is C#CCOc1nc(-c2ccccc2)nc2c1[C@@H](c1ccccc1)[C@]1(c3ccc(OC)cc3)Oc3cc(C)cc(C)c3[C@]21OCC#C. The van der Waals surface area contributed by atoms with Crippen molar-refractivity contribution in [2.24, 2.45) is 0 Å². The zero-order chi connectivity index (χ0) is 31.9. The molecule has 0 unspecified atom stereocenters. The van der Waals surface area contributed by atoms with Gasteiger partial charge >= 0.3 is 0 Å². The highest BCUT2D eigenvalue weighted by atomic mass is 16.6. The van der Waals surface area contributed by atoms with Crippen molar-refractivity contribution >= 4 is 0 Å². The van der Waals surface area contributed by atoms with E-state index in [0.29, 0.717) is 28.9 Å². The van der Waals surface area contributed by atoms with E-state index in [1.165, 1.54) is 0 Å². The predicted octanol–water partition coefficient (Wildman–Crippen LogP) is 7.11. The predicted molar refractivity (Wildman–Crippen MR) is 177 cm³/mol. The fourth-order valence-corrected chi connectivity index (χ4v) is 7.28. The number of nitrogens with zero attached hydrogens (tertiary/aromatic N) is 2. The number of hydrogen-bond acceptors (Lipinski definition) is 6. The standard InChI is InChI=1S/C40H32N2O4/c1-6-22-44-38-33-35(28-14-10-8-11-15-28)39(30-18-20-31(43-5)21-19-30)40(45-23-7-2,34-27(4)24-26(3)25-32(34)46-39)36(33)41-37(42-38)29-16-12-9-13-17-29/h1-2,8-21,24-25,35H,22-23H2,3-5H3/t35-,39+,40+/m1/s1. The highest BCUT2D eigenvalue weighted by Crippen LogP contribution is 2.71. The Hall–Kier alpha value is -5.56. The van der Waals surface area contributed by atoms with Crippen LogP contribution in [0, 0.1) is 38.5 Å². The molecule has 6 nitrogen and oxygen atoms in total. The minimum atomic E-state index is -1.31. The molecule has 0 radical (unpaired) electrons. The van der Waals surface area contributed by atoms with E-state index in [1.807, 2.05) is 72.8 Å². The van der Waals surface area contributed by atoms with Crippen LogP contribution in [0.15, 0.2) is 97.1 Å². The molecule has 3 atom stereocenters. The molecule has 0 saturated heterocycles. The summed E-state index contributed by atoms with van der Waals surface area (Å²) in [5, 5.41) is 0. The Bertz CT molecular complexity index is 2010. The number of aromatic nitrogens is 2. The largest absolute Gasteiger partial charge is 0.497 e. The summed E-state index contributed by atoms with van der Waals surface area (Å²) in [5.74, 6) is 7.12. The molecule has 0 spiro atoms. The maximum atomic E-state index is 7.40. The van der Waals surface area contributed by atoms with Gasteiger partial charge in [0.15, 0.2) is 23.6 Å². The average Bonchev–Trinajstić information content (AvgIpc) is 3.51. The van der Waals surface area contributed by atoms with Crippen LogP contribution in [0.4, 0.5) is 0 Å². The number of benzene rings is 4. The van der Waals surface area contributed by atoms with Crippen molar-refractivity contribution in [1.82, 2.24) is 9.97 Å².